The number of aromatic nitrogens is 2. The van der Waals surface area contributed by atoms with E-state index in [1.165, 1.54) is 0 Å². The fourth-order valence-electron chi connectivity index (χ4n) is 2.21. The molecule has 0 amide bonds. The molecule has 0 aromatic carbocycles. The quantitative estimate of drug-likeness (QED) is 0.843. The van der Waals surface area contributed by atoms with Gasteiger partial charge in [-0.3, -0.25) is 0 Å². The fraction of sp³-hybridized carbons (Fsp3) is 0.667. The first-order valence-corrected chi connectivity index (χ1v) is 6.47. The smallest absolute Gasteiger partial charge is 0.134 e. The van der Waals surface area contributed by atoms with Gasteiger partial charge < -0.3 is 14.7 Å². The molecule has 18 heavy (non-hydrogen) atoms. The zero-order valence-corrected chi connectivity index (χ0v) is 11.4. The van der Waals surface area contributed by atoms with E-state index in [2.05, 4.69) is 14.9 Å². The van der Waals surface area contributed by atoms with Crippen molar-refractivity contribution < 1.29 is 9.84 Å². The summed E-state index contributed by atoms with van der Waals surface area (Å²) in [6.45, 7) is 5.62. The summed E-state index contributed by atoms with van der Waals surface area (Å²) in [6, 6.07) is 1.89. The molecule has 2 atom stereocenters. The number of rotatable bonds is 3. The number of ether oxygens (including phenoxy) is 1. The van der Waals surface area contributed by atoms with Crippen LogP contribution >= 0.6 is 11.6 Å². The molecule has 1 fully saturated rings. The van der Waals surface area contributed by atoms with E-state index in [0.717, 1.165) is 12.4 Å². The molecule has 1 aliphatic rings. The van der Waals surface area contributed by atoms with Gasteiger partial charge in [0, 0.05) is 12.6 Å². The average Bonchev–Trinajstić information content (AvgIpc) is 2.27. The highest BCUT2D eigenvalue weighted by Crippen LogP contribution is 2.22. The van der Waals surface area contributed by atoms with Crippen LogP contribution in [0, 0.1) is 6.92 Å². The molecule has 5 nitrogen and oxygen atoms in total. The highest BCUT2D eigenvalue weighted by molar-refractivity contribution is 6.29. The maximum atomic E-state index is 9.54. The minimum absolute atomic E-state index is 0.129. The second-order valence-corrected chi connectivity index (χ2v) is 4.99. The van der Waals surface area contributed by atoms with Crippen LogP contribution in [0.15, 0.2) is 6.07 Å². The van der Waals surface area contributed by atoms with Crippen LogP contribution < -0.4 is 4.90 Å². The van der Waals surface area contributed by atoms with Crippen molar-refractivity contribution in [3.63, 3.8) is 0 Å². The van der Waals surface area contributed by atoms with Crippen molar-refractivity contribution in [2.45, 2.75) is 32.4 Å². The van der Waals surface area contributed by atoms with Crippen LogP contribution in [-0.2, 0) is 4.74 Å². The summed E-state index contributed by atoms with van der Waals surface area (Å²) in [7, 11) is 0. The Morgan fingerprint density at radius 1 is 1.61 bits per heavy atom. The average molecular weight is 272 g/mol. The summed E-state index contributed by atoms with van der Waals surface area (Å²) in [5, 5.41) is 9.98. The minimum atomic E-state index is -0.363. The van der Waals surface area contributed by atoms with Crippen molar-refractivity contribution in [1.82, 2.24) is 9.97 Å². The van der Waals surface area contributed by atoms with Crippen molar-refractivity contribution in [2.24, 2.45) is 0 Å². The lowest BCUT2D eigenvalue weighted by Gasteiger charge is -2.37. The molecule has 1 aliphatic heterocycles. The molecule has 1 N–H and O–H groups in total. The molecule has 1 aromatic heterocycles. The lowest BCUT2D eigenvalue weighted by molar-refractivity contribution is 0.0718. The van der Waals surface area contributed by atoms with Gasteiger partial charge in [0.2, 0.25) is 0 Å². The van der Waals surface area contributed by atoms with E-state index in [1.807, 2.05) is 6.92 Å². The van der Waals surface area contributed by atoms with Gasteiger partial charge in [-0.15, -0.1) is 0 Å². The number of hydrogen-bond acceptors (Lipinski definition) is 5. The molecule has 100 valence electrons. The fourth-order valence-corrected chi connectivity index (χ4v) is 2.43. The molecule has 0 saturated carbocycles. The minimum Gasteiger partial charge on any atom is -0.393 e. The van der Waals surface area contributed by atoms with Crippen molar-refractivity contribution in [3.05, 3.63) is 17.0 Å². The Morgan fingerprint density at radius 2 is 2.39 bits per heavy atom. The van der Waals surface area contributed by atoms with Crippen molar-refractivity contribution in [3.8, 4) is 0 Å². The number of anilines is 1. The van der Waals surface area contributed by atoms with E-state index in [9.17, 15) is 5.11 Å². The SMILES string of the molecule is Cc1nc(Cl)cc(N2CCOCC2CC(C)O)n1. The Kier molecular flexibility index (Phi) is 4.37. The maximum Gasteiger partial charge on any atom is 0.134 e. The standard InChI is InChI=1S/C12H18ClN3O2/c1-8(17)5-10-7-18-4-3-16(10)12-6-11(13)14-9(2)15-12/h6,8,10,17H,3-5,7H2,1-2H3. The van der Waals surface area contributed by atoms with Gasteiger partial charge >= 0.3 is 0 Å². The summed E-state index contributed by atoms with van der Waals surface area (Å²) < 4.78 is 5.47. The first-order valence-electron chi connectivity index (χ1n) is 6.10. The molecule has 0 aliphatic carbocycles. The molecule has 6 heteroatoms. The molecule has 2 heterocycles. The number of aliphatic hydroxyl groups is 1. The highest BCUT2D eigenvalue weighted by atomic mass is 35.5. The Hall–Kier alpha value is -0.910. The van der Waals surface area contributed by atoms with Gasteiger partial charge in [-0.05, 0) is 20.3 Å². The van der Waals surface area contributed by atoms with Crippen LogP contribution in [0.25, 0.3) is 0 Å². The number of hydrogen-bond donors (Lipinski definition) is 1. The van der Waals surface area contributed by atoms with Crippen LogP contribution in [0.3, 0.4) is 0 Å². The van der Waals surface area contributed by atoms with E-state index in [4.69, 9.17) is 16.3 Å². The summed E-state index contributed by atoms with van der Waals surface area (Å²) in [5.74, 6) is 1.46. The summed E-state index contributed by atoms with van der Waals surface area (Å²) in [6.07, 6.45) is 0.290. The first-order chi connectivity index (χ1) is 8.56. The summed E-state index contributed by atoms with van der Waals surface area (Å²) >= 11 is 5.96. The molecule has 2 unspecified atom stereocenters. The van der Waals surface area contributed by atoms with Crippen molar-refractivity contribution >= 4 is 17.4 Å². The molecular formula is C12H18ClN3O2. The number of halogens is 1. The second-order valence-electron chi connectivity index (χ2n) is 4.60. The zero-order chi connectivity index (χ0) is 13.1. The monoisotopic (exact) mass is 271 g/mol. The topological polar surface area (TPSA) is 58.5 Å². The van der Waals surface area contributed by atoms with E-state index < -0.39 is 0 Å². The summed E-state index contributed by atoms with van der Waals surface area (Å²) in [4.78, 5) is 10.6. The van der Waals surface area contributed by atoms with Crippen LogP contribution in [0.4, 0.5) is 5.82 Å². The van der Waals surface area contributed by atoms with Crippen molar-refractivity contribution in [2.75, 3.05) is 24.7 Å². The molecule has 1 saturated heterocycles. The highest BCUT2D eigenvalue weighted by Gasteiger charge is 2.25. The van der Waals surface area contributed by atoms with E-state index in [-0.39, 0.29) is 12.1 Å². The normalized spacial score (nSPS) is 22.0. The lowest BCUT2D eigenvalue weighted by Crippen LogP contribution is -2.47. The lowest BCUT2D eigenvalue weighted by atomic mass is 10.1. The molecule has 0 spiro atoms. The van der Waals surface area contributed by atoms with Gasteiger partial charge in [0.1, 0.15) is 16.8 Å². The number of nitrogens with zero attached hydrogens (tertiary/aromatic N) is 3. The van der Waals surface area contributed by atoms with Gasteiger partial charge in [-0.1, -0.05) is 11.6 Å². The largest absolute Gasteiger partial charge is 0.393 e. The number of aryl methyl sites for hydroxylation is 1. The Labute approximate surface area is 112 Å². The predicted octanol–water partition coefficient (Wildman–Crippen LogP) is 1.41. The number of morpholine rings is 1. The second kappa shape index (κ2) is 5.82. The van der Waals surface area contributed by atoms with Crippen LogP contribution in [-0.4, -0.2) is 47.0 Å². The Balaban J connectivity index is 2.21. The van der Waals surface area contributed by atoms with E-state index in [0.29, 0.717) is 30.6 Å². The van der Waals surface area contributed by atoms with Crippen LogP contribution in [0.2, 0.25) is 5.15 Å². The third-order valence-electron chi connectivity index (χ3n) is 2.93. The van der Waals surface area contributed by atoms with Crippen molar-refractivity contribution in [1.29, 1.82) is 0 Å². The molecule has 1 aromatic rings. The number of aliphatic hydroxyl groups excluding tert-OH is 1. The third kappa shape index (κ3) is 3.31. The van der Waals surface area contributed by atoms with Gasteiger partial charge in [-0.25, -0.2) is 9.97 Å². The van der Waals surface area contributed by atoms with Gasteiger partial charge in [0.05, 0.1) is 25.4 Å². The molecule has 0 radical (unpaired) electrons. The van der Waals surface area contributed by atoms with Crippen LogP contribution in [0.1, 0.15) is 19.2 Å². The Morgan fingerprint density at radius 3 is 3.06 bits per heavy atom. The van der Waals surface area contributed by atoms with Gasteiger partial charge in [0.25, 0.3) is 0 Å². The van der Waals surface area contributed by atoms with Gasteiger partial charge in [-0.2, -0.15) is 0 Å². The zero-order valence-electron chi connectivity index (χ0n) is 10.6. The molecular weight excluding hydrogens is 254 g/mol. The first kappa shape index (κ1) is 13.5. The maximum absolute atomic E-state index is 9.54. The summed E-state index contributed by atoms with van der Waals surface area (Å²) in [5.41, 5.74) is 0. The third-order valence-corrected chi connectivity index (χ3v) is 3.12. The Bertz CT molecular complexity index is 394. The van der Waals surface area contributed by atoms with Gasteiger partial charge in [0.15, 0.2) is 0 Å². The molecule has 2 rings (SSSR count). The van der Waals surface area contributed by atoms with E-state index >= 15 is 0 Å². The predicted molar refractivity (Wildman–Crippen MR) is 70.0 cm³/mol. The molecule has 0 bridgehead atoms. The van der Waals surface area contributed by atoms with E-state index in [1.54, 1.807) is 13.0 Å². The van der Waals surface area contributed by atoms with Crippen LogP contribution in [0.5, 0.6) is 0 Å².